The highest BCUT2D eigenvalue weighted by molar-refractivity contribution is 6.30. The molecule has 6 nitrogen and oxygen atoms in total. The fourth-order valence-corrected chi connectivity index (χ4v) is 4.50. The second kappa shape index (κ2) is 8.81. The molecule has 2 aromatic carbocycles. The van der Waals surface area contributed by atoms with Gasteiger partial charge in [0.1, 0.15) is 5.82 Å². The van der Waals surface area contributed by atoms with Crippen molar-refractivity contribution in [3.05, 3.63) is 75.3 Å². The van der Waals surface area contributed by atoms with Crippen molar-refractivity contribution in [2.45, 2.75) is 39.4 Å². The van der Waals surface area contributed by atoms with Crippen LogP contribution in [0.2, 0.25) is 5.02 Å². The molecule has 1 amide bonds. The van der Waals surface area contributed by atoms with Crippen molar-refractivity contribution in [3.63, 3.8) is 0 Å². The van der Waals surface area contributed by atoms with E-state index in [2.05, 4.69) is 18.7 Å². The Balaban J connectivity index is 1.56. The zero-order valence-corrected chi connectivity index (χ0v) is 18.8. The summed E-state index contributed by atoms with van der Waals surface area (Å²) in [5.41, 5.74) is 1.37. The van der Waals surface area contributed by atoms with Gasteiger partial charge in [0.05, 0.1) is 16.9 Å². The van der Waals surface area contributed by atoms with Gasteiger partial charge in [-0.05, 0) is 57.2 Å². The quantitative estimate of drug-likeness (QED) is 0.618. The molecular weight excluding hydrogens is 412 g/mol. The molecule has 4 rings (SSSR count). The maximum Gasteiger partial charge on any atom is 0.261 e. The number of piperazine rings is 1. The van der Waals surface area contributed by atoms with Gasteiger partial charge in [0.2, 0.25) is 0 Å². The lowest BCUT2D eigenvalue weighted by atomic mass is 10.1. The highest BCUT2D eigenvalue weighted by Crippen LogP contribution is 2.24. The molecule has 0 radical (unpaired) electrons. The monoisotopic (exact) mass is 438 g/mol. The molecule has 0 bridgehead atoms. The molecule has 1 fully saturated rings. The molecule has 1 aliphatic heterocycles. The maximum absolute atomic E-state index is 13.0. The Bertz CT molecular complexity index is 1160. The first-order valence-electron chi connectivity index (χ1n) is 10.7. The first kappa shape index (κ1) is 21.5. The number of aromatic nitrogens is 2. The number of fused-ring (bicyclic) bond motifs is 1. The van der Waals surface area contributed by atoms with Crippen molar-refractivity contribution in [2.75, 3.05) is 19.6 Å². The fraction of sp³-hybridized carbons (Fsp3) is 0.375. The Morgan fingerprint density at radius 1 is 1.16 bits per heavy atom. The van der Waals surface area contributed by atoms with E-state index in [-0.39, 0.29) is 23.6 Å². The summed E-state index contributed by atoms with van der Waals surface area (Å²) in [7, 11) is 0. The molecule has 0 aliphatic carbocycles. The second-order valence-corrected chi connectivity index (χ2v) is 8.50. The van der Waals surface area contributed by atoms with E-state index in [4.69, 9.17) is 16.6 Å². The van der Waals surface area contributed by atoms with Crippen LogP contribution in [0.5, 0.6) is 0 Å². The minimum atomic E-state index is -0.0347. The largest absolute Gasteiger partial charge is 0.333 e. The van der Waals surface area contributed by atoms with E-state index in [9.17, 15) is 9.59 Å². The number of para-hydroxylation sites is 1. The van der Waals surface area contributed by atoms with Crippen LogP contribution in [0.25, 0.3) is 10.9 Å². The van der Waals surface area contributed by atoms with Crippen molar-refractivity contribution in [1.29, 1.82) is 0 Å². The number of halogens is 1. The highest BCUT2D eigenvalue weighted by Gasteiger charge is 2.32. The third-order valence-electron chi connectivity index (χ3n) is 6.14. The summed E-state index contributed by atoms with van der Waals surface area (Å²) >= 11 is 5.95. The van der Waals surface area contributed by atoms with Crippen molar-refractivity contribution >= 4 is 28.4 Å². The number of nitrogens with zero attached hydrogens (tertiary/aromatic N) is 4. The van der Waals surface area contributed by atoms with Crippen LogP contribution < -0.4 is 5.56 Å². The van der Waals surface area contributed by atoms with E-state index in [0.717, 1.165) is 17.9 Å². The summed E-state index contributed by atoms with van der Waals surface area (Å²) in [6.07, 6.45) is 0. The van der Waals surface area contributed by atoms with E-state index in [1.165, 1.54) is 0 Å². The van der Waals surface area contributed by atoms with Gasteiger partial charge in [0.25, 0.3) is 11.5 Å². The highest BCUT2D eigenvalue weighted by atomic mass is 35.5. The molecule has 162 valence electrons. The molecular formula is C24H27ClN4O2. The Morgan fingerprint density at radius 3 is 2.55 bits per heavy atom. The topological polar surface area (TPSA) is 58.4 Å². The van der Waals surface area contributed by atoms with Crippen LogP contribution >= 0.6 is 11.6 Å². The number of hydrogen-bond acceptors (Lipinski definition) is 4. The van der Waals surface area contributed by atoms with Gasteiger partial charge in [-0.1, -0.05) is 23.7 Å². The SMILES string of the molecule is CCn1c(C(C)N2CCN(C(=O)c3ccc(Cl)cc3)C(C)C2)nc2ccccc2c1=O. The lowest BCUT2D eigenvalue weighted by Gasteiger charge is -2.42. The van der Waals surface area contributed by atoms with Gasteiger partial charge < -0.3 is 4.90 Å². The Morgan fingerprint density at radius 2 is 1.87 bits per heavy atom. The molecule has 1 saturated heterocycles. The Hall–Kier alpha value is -2.70. The van der Waals surface area contributed by atoms with Crippen LogP contribution in [-0.2, 0) is 6.54 Å². The molecule has 0 spiro atoms. The molecule has 2 unspecified atom stereocenters. The Labute approximate surface area is 187 Å². The average molecular weight is 439 g/mol. The van der Waals surface area contributed by atoms with E-state index < -0.39 is 0 Å². The number of carbonyl (C=O) groups is 1. The zero-order chi connectivity index (χ0) is 22.1. The maximum atomic E-state index is 13.0. The van der Waals surface area contributed by atoms with Gasteiger partial charge in [0.15, 0.2) is 0 Å². The molecule has 2 heterocycles. The molecule has 0 N–H and O–H groups in total. The molecule has 7 heteroatoms. The first-order valence-corrected chi connectivity index (χ1v) is 11.1. The van der Waals surface area contributed by atoms with Crippen LogP contribution in [0, 0.1) is 0 Å². The third kappa shape index (κ3) is 4.10. The first-order chi connectivity index (χ1) is 14.9. The number of benzene rings is 2. The van der Waals surface area contributed by atoms with Crippen LogP contribution in [0.3, 0.4) is 0 Å². The number of amides is 1. The Kier molecular flexibility index (Phi) is 6.12. The minimum Gasteiger partial charge on any atom is -0.333 e. The molecule has 2 atom stereocenters. The van der Waals surface area contributed by atoms with Gasteiger partial charge in [-0.2, -0.15) is 0 Å². The van der Waals surface area contributed by atoms with Gasteiger partial charge in [-0.25, -0.2) is 4.98 Å². The van der Waals surface area contributed by atoms with Crippen molar-refractivity contribution < 1.29 is 4.79 Å². The molecule has 1 aromatic heterocycles. The molecule has 31 heavy (non-hydrogen) atoms. The number of hydrogen-bond donors (Lipinski definition) is 0. The van der Waals surface area contributed by atoms with Crippen LogP contribution in [0.15, 0.2) is 53.3 Å². The number of carbonyl (C=O) groups excluding carboxylic acids is 1. The summed E-state index contributed by atoms with van der Waals surface area (Å²) in [4.78, 5) is 35.0. The summed E-state index contributed by atoms with van der Waals surface area (Å²) in [6.45, 7) is 8.75. The van der Waals surface area contributed by atoms with E-state index in [1.54, 1.807) is 28.8 Å². The fourth-order valence-electron chi connectivity index (χ4n) is 4.37. The van der Waals surface area contributed by atoms with Crippen LogP contribution in [0.4, 0.5) is 0 Å². The normalized spacial score (nSPS) is 18.3. The number of rotatable bonds is 4. The van der Waals surface area contributed by atoms with Gasteiger partial charge in [-0.3, -0.25) is 19.1 Å². The van der Waals surface area contributed by atoms with Gasteiger partial charge in [0, 0.05) is 42.8 Å². The smallest absolute Gasteiger partial charge is 0.261 e. The standard InChI is InChI=1S/C24H27ClN4O2/c1-4-28-22(26-21-8-6-5-7-20(21)24(28)31)17(3)27-13-14-29(16(2)15-27)23(30)18-9-11-19(25)12-10-18/h5-12,16-17H,4,13-15H2,1-3H3. The van der Waals surface area contributed by atoms with Crippen molar-refractivity contribution in [3.8, 4) is 0 Å². The van der Waals surface area contributed by atoms with Crippen molar-refractivity contribution in [1.82, 2.24) is 19.4 Å². The van der Waals surface area contributed by atoms with E-state index in [0.29, 0.717) is 35.6 Å². The zero-order valence-electron chi connectivity index (χ0n) is 18.1. The van der Waals surface area contributed by atoms with Crippen molar-refractivity contribution in [2.24, 2.45) is 0 Å². The van der Waals surface area contributed by atoms with Crippen LogP contribution in [-0.4, -0.2) is 50.9 Å². The minimum absolute atomic E-state index is 0.000416. The summed E-state index contributed by atoms with van der Waals surface area (Å²) < 4.78 is 1.77. The van der Waals surface area contributed by atoms with Gasteiger partial charge in [-0.15, -0.1) is 0 Å². The second-order valence-electron chi connectivity index (χ2n) is 8.06. The van der Waals surface area contributed by atoms with Gasteiger partial charge >= 0.3 is 0 Å². The lowest BCUT2D eigenvalue weighted by Crippen LogP contribution is -2.54. The molecule has 3 aromatic rings. The summed E-state index contributed by atoms with van der Waals surface area (Å²) in [6, 6.07) is 14.5. The predicted molar refractivity (Wildman–Crippen MR) is 124 cm³/mol. The molecule has 1 aliphatic rings. The third-order valence-corrected chi connectivity index (χ3v) is 6.39. The summed E-state index contributed by atoms with van der Waals surface area (Å²) in [5, 5.41) is 1.26. The molecule has 0 saturated carbocycles. The average Bonchev–Trinajstić information content (AvgIpc) is 2.78. The van der Waals surface area contributed by atoms with E-state index in [1.807, 2.05) is 36.1 Å². The summed E-state index contributed by atoms with van der Waals surface area (Å²) in [5.74, 6) is 0.793. The lowest BCUT2D eigenvalue weighted by molar-refractivity contribution is 0.0391. The predicted octanol–water partition coefficient (Wildman–Crippen LogP) is 3.98. The van der Waals surface area contributed by atoms with Crippen LogP contribution in [0.1, 0.15) is 43.0 Å². The van der Waals surface area contributed by atoms with E-state index >= 15 is 0 Å².